The first-order chi connectivity index (χ1) is 8.10. The molecule has 3 heteroatoms. The molecule has 17 heavy (non-hydrogen) atoms. The normalized spacial score (nSPS) is 14.2. The number of ketones is 2. The average Bonchev–Trinajstić information content (AvgIpc) is 2.28. The van der Waals surface area contributed by atoms with Crippen molar-refractivity contribution in [3.63, 3.8) is 0 Å². The van der Waals surface area contributed by atoms with Gasteiger partial charge < -0.3 is 0 Å². The van der Waals surface area contributed by atoms with E-state index >= 15 is 0 Å². The molecule has 2 rings (SSSR count). The predicted octanol–water partition coefficient (Wildman–Crippen LogP) is 2.26. The summed E-state index contributed by atoms with van der Waals surface area (Å²) >= 11 is 3.96. The number of Topliss-reactive ketones (excluding diaryl/α,β-unsaturated/α-hetero) is 1. The Morgan fingerprint density at radius 3 is 2.88 bits per heavy atom. The van der Waals surface area contributed by atoms with E-state index in [0.29, 0.717) is 12.8 Å². The number of hydrogen-bond acceptors (Lipinski definition) is 3. The Morgan fingerprint density at radius 1 is 1.41 bits per heavy atom. The van der Waals surface area contributed by atoms with Gasteiger partial charge in [-0.3, -0.25) is 9.59 Å². The van der Waals surface area contributed by atoms with Gasteiger partial charge in [-0.05, 0) is 35.3 Å². The van der Waals surface area contributed by atoms with E-state index in [1.807, 2.05) is 25.1 Å². The van der Waals surface area contributed by atoms with Crippen molar-refractivity contribution in [1.29, 1.82) is 0 Å². The van der Waals surface area contributed by atoms with Crippen molar-refractivity contribution in [2.75, 3.05) is 5.75 Å². The second kappa shape index (κ2) is 4.88. The summed E-state index contributed by atoms with van der Waals surface area (Å²) in [7, 11) is 0. The maximum atomic E-state index is 11.5. The Bertz CT molecular complexity index is 515. The van der Waals surface area contributed by atoms with Crippen LogP contribution >= 0.6 is 12.6 Å². The van der Waals surface area contributed by atoms with Gasteiger partial charge in [0.15, 0.2) is 5.78 Å². The van der Waals surface area contributed by atoms with Crippen LogP contribution in [0.15, 0.2) is 24.3 Å². The zero-order valence-electron chi connectivity index (χ0n) is 9.69. The lowest BCUT2D eigenvalue weighted by Gasteiger charge is -2.15. The molecule has 1 aliphatic carbocycles. The molecule has 0 heterocycles. The fourth-order valence-corrected chi connectivity index (χ4v) is 2.24. The predicted molar refractivity (Wildman–Crippen MR) is 71.4 cm³/mol. The Kier molecular flexibility index (Phi) is 3.48. The average molecular weight is 246 g/mol. The highest BCUT2D eigenvalue weighted by atomic mass is 32.1. The van der Waals surface area contributed by atoms with Crippen molar-refractivity contribution < 1.29 is 9.59 Å². The number of thiol groups is 1. The van der Waals surface area contributed by atoms with Gasteiger partial charge in [0.25, 0.3) is 0 Å². The molecule has 0 saturated heterocycles. The maximum Gasteiger partial charge on any atom is 0.160 e. The van der Waals surface area contributed by atoms with Crippen molar-refractivity contribution in [3.8, 4) is 0 Å². The van der Waals surface area contributed by atoms with E-state index in [1.165, 1.54) is 0 Å². The minimum absolute atomic E-state index is 0.0997. The molecule has 0 radical (unpaired) electrons. The first-order valence-electron chi connectivity index (χ1n) is 5.56. The number of carbonyl (C=O) groups is 2. The fourth-order valence-electron chi connectivity index (χ4n) is 2.13. The smallest absolute Gasteiger partial charge is 0.160 e. The highest BCUT2D eigenvalue weighted by molar-refractivity contribution is 7.81. The summed E-state index contributed by atoms with van der Waals surface area (Å²) in [5.41, 5.74) is 4.11. The maximum absolute atomic E-state index is 11.5. The summed E-state index contributed by atoms with van der Waals surface area (Å²) in [5, 5.41) is 0. The minimum atomic E-state index is 0.0997. The SMILES string of the molecule is CC1=CC(=O)Cc2cc(CC(=O)CS)ccc21. The fraction of sp³-hybridized carbons (Fsp3) is 0.286. The number of rotatable bonds is 3. The van der Waals surface area contributed by atoms with E-state index in [4.69, 9.17) is 0 Å². The van der Waals surface area contributed by atoms with Crippen LogP contribution in [0.4, 0.5) is 0 Å². The summed E-state index contributed by atoms with van der Waals surface area (Å²) in [5.74, 6) is 0.491. The van der Waals surface area contributed by atoms with Crippen LogP contribution in [0.5, 0.6) is 0 Å². The van der Waals surface area contributed by atoms with E-state index in [9.17, 15) is 9.59 Å². The summed E-state index contributed by atoms with van der Waals surface area (Å²) in [6, 6.07) is 5.91. The van der Waals surface area contributed by atoms with Crippen LogP contribution in [0.1, 0.15) is 23.6 Å². The Balaban J connectivity index is 2.32. The topological polar surface area (TPSA) is 34.1 Å². The summed E-state index contributed by atoms with van der Waals surface area (Å²) in [6.45, 7) is 1.94. The highest BCUT2D eigenvalue weighted by Crippen LogP contribution is 2.25. The third-order valence-corrected chi connectivity index (χ3v) is 3.27. The summed E-state index contributed by atoms with van der Waals surface area (Å²) < 4.78 is 0. The van der Waals surface area contributed by atoms with Crippen LogP contribution in [0, 0.1) is 0 Å². The van der Waals surface area contributed by atoms with E-state index in [1.54, 1.807) is 6.08 Å². The zero-order valence-corrected chi connectivity index (χ0v) is 10.6. The van der Waals surface area contributed by atoms with Crippen LogP contribution < -0.4 is 0 Å². The first kappa shape index (κ1) is 12.1. The molecule has 0 amide bonds. The molecule has 0 aliphatic heterocycles. The molecule has 88 valence electrons. The van der Waals surface area contributed by atoms with Gasteiger partial charge >= 0.3 is 0 Å². The monoisotopic (exact) mass is 246 g/mol. The molecule has 0 atom stereocenters. The first-order valence-corrected chi connectivity index (χ1v) is 6.19. The number of hydrogen-bond donors (Lipinski definition) is 1. The van der Waals surface area contributed by atoms with Crippen LogP contribution in [0.2, 0.25) is 0 Å². The van der Waals surface area contributed by atoms with E-state index in [0.717, 1.165) is 22.3 Å². The third-order valence-electron chi connectivity index (χ3n) is 2.91. The second-order valence-corrected chi connectivity index (χ2v) is 4.65. The van der Waals surface area contributed by atoms with E-state index in [2.05, 4.69) is 12.6 Å². The second-order valence-electron chi connectivity index (χ2n) is 4.34. The molecule has 0 unspecified atom stereocenters. The van der Waals surface area contributed by atoms with Crippen LogP contribution in [-0.4, -0.2) is 17.3 Å². The molecule has 2 nitrogen and oxygen atoms in total. The lowest BCUT2D eigenvalue weighted by molar-refractivity contribution is -0.116. The van der Waals surface area contributed by atoms with Gasteiger partial charge in [0.05, 0.1) is 0 Å². The molecule has 1 aromatic carbocycles. The third kappa shape index (κ3) is 2.67. The molecule has 1 aromatic rings. The van der Waals surface area contributed by atoms with Gasteiger partial charge in [0, 0.05) is 18.6 Å². The Morgan fingerprint density at radius 2 is 2.18 bits per heavy atom. The summed E-state index contributed by atoms with van der Waals surface area (Å²) in [6.07, 6.45) is 2.52. The van der Waals surface area contributed by atoms with Crippen molar-refractivity contribution in [1.82, 2.24) is 0 Å². The number of fused-ring (bicyclic) bond motifs is 1. The lowest BCUT2D eigenvalue weighted by atomic mass is 9.89. The highest BCUT2D eigenvalue weighted by Gasteiger charge is 2.15. The molecule has 0 aromatic heterocycles. The summed E-state index contributed by atoms with van der Waals surface area (Å²) in [4.78, 5) is 22.8. The molecule has 0 saturated carbocycles. The Hall–Kier alpha value is -1.35. The van der Waals surface area contributed by atoms with Crippen molar-refractivity contribution in [2.24, 2.45) is 0 Å². The largest absolute Gasteiger partial charge is 0.298 e. The van der Waals surface area contributed by atoms with Gasteiger partial charge in [-0.1, -0.05) is 18.2 Å². The van der Waals surface area contributed by atoms with E-state index < -0.39 is 0 Å². The van der Waals surface area contributed by atoms with Crippen molar-refractivity contribution >= 4 is 29.8 Å². The molecule has 1 aliphatic rings. The number of carbonyl (C=O) groups excluding carboxylic acids is 2. The van der Waals surface area contributed by atoms with Gasteiger partial charge in [0.1, 0.15) is 5.78 Å². The minimum Gasteiger partial charge on any atom is -0.298 e. The Labute approximate surface area is 106 Å². The van der Waals surface area contributed by atoms with E-state index in [-0.39, 0.29) is 17.3 Å². The van der Waals surface area contributed by atoms with Gasteiger partial charge in [-0.15, -0.1) is 0 Å². The molecule has 0 bridgehead atoms. The zero-order chi connectivity index (χ0) is 12.4. The van der Waals surface area contributed by atoms with Crippen molar-refractivity contribution in [3.05, 3.63) is 41.0 Å². The molecule has 0 fully saturated rings. The van der Waals surface area contributed by atoms with Gasteiger partial charge in [-0.25, -0.2) is 0 Å². The molecule has 0 spiro atoms. The van der Waals surface area contributed by atoms with Crippen molar-refractivity contribution in [2.45, 2.75) is 19.8 Å². The molecular weight excluding hydrogens is 232 g/mol. The molecular formula is C14H14O2S. The van der Waals surface area contributed by atoms with Crippen LogP contribution in [0.3, 0.4) is 0 Å². The molecule has 0 N–H and O–H groups in total. The number of benzene rings is 1. The van der Waals surface area contributed by atoms with Crippen LogP contribution in [-0.2, 0) is 22.4 Å². The lowest BCUT2D eigenvalue weighted by Crippen LogP contribution is -2.10. The number of allylic oxidation sites excluding steroid dienone is 2. The quantitative estimate of drug-likeness (QED) is 0.830. The van der Waals surface area contributed by atoms with Crippen LogP contribution in [0.25, 0.3) is 5.57 Å². The van der Waals surface area contributed by atoms with Gasteiger partial charge in [-0.2, -0.15) is 12.6 Å². The standard InChI is InChI=1S/C14H14O2S/c1-9-4-12(15)7-11-5-10(2-3-14(9)11)6-13(16)8-17/h2-5,17H,6-8H2,1H3. The van der Waals surface area contributed by atoms with Gasteiger partial charge in [0.2, 0.25) is 0 Å².